The fourth-order valence-corrected chi connectivity index (χ4v) is 3.30. The highest BCUT2D eigenvalue weighted by Gasteiger charge is 2.31. The van der Waals surface area contributed by atoms with E-state index >= 15 is 0 Å². The van der Waals surface area contributed by atoms with Crippen LogP contribution in [0.25, 0.3) is 10.8 Å². The molecule has 2 aromatic carbocycles. The summed E-state index contributed by atoms with van der Waals surface area (Å²) in [5.41, 5.74) is 0.684. The first-order valence-corrected chi connectivity index (χ1v) is 15.4. The first kappa shape index (κ1) is 36.6. The van der Waals surface area contributed by atoms with Gasteiger partial charge in [-0.25, -0.2) is 0 Å². The Balaban J connectivity index is 0.000000309. The number of benzene rings is 2. The van der Waals surface area contributed by atoms with E-state index in [4.69, 9.17) is 18.9 Å². The van der Waals surface area contributed by atoms with Crippen LogP contribution in [0.4, 0.5) is 0 Å². The zero-order chi connectivity index (χ0) is 31.1. The van der Waals surface area contributed by atoms with Crippen LogP contribution in [0, 0.1) is 10.8 Å². The number of ether oxygens (including phenoxy) is 4. The predicted octanol–water partition coefficient (Wildman–Crippen LogP) is 8.85. The molecule has 0 bridgehead atoms. The van der Waals surface area contributed by atoms with Gasteiger partial charge in [0.1, 0.15) is 12.7 Å². The molecule has 41 heavy (non-hydrogen) atoms. The molecule has 6 heteroatoms. The molecule has 3 atom stereocenters. The van der Waals surface area contributed by atoms with E-state index in [1.807, 2.05) is 41.5 Å². The van der Waals surface area contributed by atoms with Crippen molar-refractivity contribution >= 4 is 22.7 Å². The minimum absolute atomic E-state index is 0.125. The van der Waals surface area contributed by atoms with Gasteiger partial charge in [0.25, 0.3) is 0 Å². The van der Waals surface area contributed by atoms with E-state index < -0.39 is 11.7 Å². The molecule has 0 spiro atoms. The first-order valence-electron chi connectivity index (χ1n) is 15.4. The van der Waals surface area contributed by atoms with Crippen LogP contribution in [0.5, 0.6) is 0 Å². The van der Waals surface area contributed by atoms with Gasteiger partial charge in [-0.3, -0.25) is 9.59 Å². The second-order valence-corrected chi connectivity index (χ2v) is 12.1. The maximum absolute atomic E-state index is 11.6. The van der Waals surface area contributed by atoms with Crippen LogP contribution >= 0.6 is 0 Å². The largest absolute Gasteiger partial charge is 0.462 e. The maximum atomic E-state index is 11.6. The van der Waals surface area contributed by atoms with Gasteiger partial charge >= 0.3 is 11.9 Å². The van der Waals surface area contributed by atoms with E-state index in [1.54, 1.807) is 6.92 Å². The van der Waals surface area contributed by atoms with Crippen molar-refractivity contribution in [3.8, 4) is 0 Å². The van der Waals surface area contributed by atoms with Gasteiger partial charge in [0.2, 0.25) is 0 Å². The topological polar surface area (TPSA) is 74.4 Å². The summed E-state index contributed by atoms with van der Waals surface area (Å²) >= 11 is 0. The van der Waals surface area contributed by atoms with Crippen molar-refractivity contribution in [3.05, 3.63) is 48.0 Å². The molecule has 1 aliphatic rings. The standard InChI is InChI=1S/C14H16.C12H24O3.C9H16O3/c1-3-11(2)13-9-8-12-6-4-5-7-14(12)10-13;1-6-8-9-14-10(3)15-11(13)12(4,5)7-2;1-4-9(2,3)8(10)12-6-7-5-11-7/h4-11H,3H2,1-2H3;10H,6-9H2,1-5H3;7H,4-6H2,1-3H3. The Hall–Kier alpha value is -2.44. The summed E-state index contributed by atoms with van der Waals surface area (Å²) in [7, 11) is 0. The third-order valence-electron chi connectivity index (χ3n) is 7.75. The second kappa shape index (κ2) is 18.2. The number of esters is 2. The zero-order valence-corrected chi connectivity index (χ0v) is 27.4. The molecule has 1 fully saturated rings. The molecule has 0 amide bonds. The van der Waals surface area contributed by atoms with Gasteiger partial charge in [-0.1, -0.05) is 83.5 Å². The Morgan fingerprint density at radius 2 is 1.49 bits per heavy atom. The van der Waals surface area contributed by atoms with E-state index in [-0.39, 0.29) is 23.5 Å². The Bertz CT molecular complexity index is 1040. The summed E-state index contributed by atoms with van der Waals surface area (Å²) < 4.78 is 20.5. The van der Waals surface area contributed by atoms with Crippen LogP contribution in [0.15, 0.2) is 42.5 Å². The molecule has 0 radical (unpaired) electrons. The van der Waals surface area contributed by atoms with E-state index in [2.05, 4.69) is 63.2 Å². The van der Waals surface area contributed by atoms with Crippen LogP contribution in [0.1, 0.15) is 113 Å². The lowest BCUT2D eigenvalue weighted by molar-refractivity contribution is -0.185. The number of epoxide rings is 1. The molecule has 3 unspecified atom stereocenters. The third kappa shape index (κ3) is 13.8. The molecular weight excluding hydrogens is 516 g/mol. The monoisotopic (exact) mass is 572 g/mol. The molecule has 3 rings (SSSR count). The number of carbonyl (C=O) groups excluding carboxylic acids is 2. The smallest absolute Gasteiger partial charge is 0.313 e. The van der Waals surface area contributed by atoms with Gasteiger partial charge in [0.15, 0.2) is 6.29 Å². The average molecular weight is 573 g/mol. The summed E-state index contributed by atoms with van der Waals surface area (Å²) in [5, 5.41) is 2.69. The molecule has 0 N–H and O–H groups in total. The Morgan fingerprint density at radius 3 is 2.02 bits per heavy atom. The number of fused-ring (bicyclic) bond motifs is 1. The van der Waals surface area contributed by atoms with Gasteiger partial charge in [-0.05, 0) is 82.6 Å². The maximum Gasteiger partial charge on any atom is 0.313 e. The number of unbranched alkanes of at least 4 members (excludes halogenated alkanes) is 1. The van der Waals surface area contributed by atoms with Crippen molar-refractivity contribution in [2.75, 3.05) is 19.8 Å². The highest BCUT2D eigenvalue weighted by atomic mass is 16.7. The van der Waals surface area contributed by atoms with Crippen LogP contribution < -0.4 is 0 Å². The molecule has 232 valence electrons. The van der Waals surface area contributed by atoms with Gasteiger partial charge in [0.05, 0.1) is 24.0 Å². The quantitative estimate of drug-likeness (QED) is 0.103. The van der Waals surface area contributed by atoms with Crippen molar-refractivity contribution in [2.24, 2.45) is 10.8 Å². The normalized spacial score (nSPS) is 15.9. The van der Waals surface area contributed by atoms with Gasteiger partial charge in [-0.2, -0.15) is 0 Å². The van der Waals surface area contributed by atoms with E-state index in [0.717, 1.165) is 32.3 Å². The van der Waals surface area contributed by atoms with Crippen LogP contribution in [0.2, 0.25) is 0 Å². The molecule has 0 saturated carbocycles. The van der Waals surface area contributed by atoms with Crippen molar-refractivity contribution in [2.45, 2.75) is 120 Å². The SMILES string of the molecule is CCC(C)(C)C(=O)OCC1CO1.CCC(C)c1ccc2ccccc2c1.CCCCOC(C)OC(=O)C(C)(C)CC. The summed E-state index contributed by atoms with van der Waals surface area (Å²) in [5.74, 6) is 0.356. The van der Waals surface area contributed by atoms with E-state index in [0.29, 0.717) is 19.1 Å². The lowest BCUT2D eigenvalue weighted by Crippen LogP contribution is -2.30. The summed E-state index contributed by atoms with van der Waals surface area (Å²) in [4.78, 5) is 23.0. The second-order valence-electron chi connectivity index (χ2n) is 12.1. The molecule has 6 nitrogen and oxygen atoms in total. The Kier molecular flexibility index (Phi) is 16.2. The van der Waals surface area contributed by atoms with Crippen LogP contribution in [0.3, 0.4) is 0 Å². The summed E-state index contributed by atoms with van der Waals surface area (Å²) in [6.45, 7) is 21.7. The molecule has 1 saturated heterocycles. The molecular formula is C35H56O6. The van der Waals surface area contributed by atoms with Crippen molar-refractivity contribution < 1.29 is 28.5 Å². The molecule has 2 aromatic rings. The molecule has 0 aromatic heterocycles. The van der Waals surface area contributed by atoms with Crippen LogP contribution in [-0.2, 0) is 28.5 Å². The average Bonchev–Trinajstić information content (AvgIpc) is 3.80. The highest BCUT2D eigenvalue weighted by molar-refractivity contribution is 5.83. The van der Waals surface area contributed by atoms with Gasteiger partial charge in [-0.15, -0.1) is 0 Å². The van der Waals surface area contributed by atoms with Crippen LogP contribution in [-0.4, -0.2) is 44.2 Å². The van der Waals surface area contributed by atoms with Gasteiger partial charge < -0.3 is 18.9 Å². The zero-order valence-electron chi connectivity index (χ0n) is 27.4. The number of carbonyl (C=O) groups is 2. The lowest BCUT2D eigenvalue weighted by Gasteiger charge is -2.23. The number of hydrogen-bond acceptors (Lipinski definition) is 6. The fourth-order valence-electron chi connectivity index (χ4n) is 3.30. The lowest BCUT2D eigenvalue weighted by atomic mass is 9.91. The van der Waals surface area contributed by atoms with E-state index in [1.165, 1.54) is 22.8 Å². The summed E-state index contributed by atoms with van der Waals surface area (Å²) in [6, 6.07) is 15.3. The Labute approximate surface area is 249 Å². The summed E-state index contributed by atoms with van der Waals surface area (Å²) in [6.07, 6.45) is 4.60. The minimum atomic E-state index is -0.435. The Morgan fingerprint density at radius 1 is 0.902 bits per heavy atom. The first-order chi connectivity index (χ1) is 19.3. The molecule has 1 aliphatic heterocycles. The highest BCUT2D eigenvalue weighted by Crippen LogP contribution is 2.24. The molecule has 1 heterocycles. The minimum Gasteiger partial charge on any atom is -0.462 e. The van der Waals surface area contributed by atoms with Crippen molar-refractivity contribution in [1.29, 1.82) is 0 Å². The molecule has 0 aliphatic carbocycles. The fraction of sp³-hybridized carbons (Fsp3) is 0.657. The van der Waals surface area contributed by atoms with Crippen molar-refractivity contribution in [3.63, 3.8) is 0 Å². The number of rotatable bonds is 13. The van der Waals surface area contributed by atoms with Gasteiger partial charge in [0, 0.05) is 0 Å². The van der Waals surface area contributed by atoms with E-state index in [9.17, 15) is 9.59 Å². The van der Waals surface area contributed by atoms with Crippen molar-refractivity contribution in [1.82, 2.24) is 0 Å². The number of hydrogen-bond donors (Lipinski definition) is 0. The predicted molar refractivity (Wildman–Crippen MR) is 168 cm³/mol. The third-order valence-corrected chi connectivity index (χ3v) is 7.75.